The Labute approximate surface area is 173 Å². The van der Waals surface area contributed by atoms with E-state index in [-0.39, 0.29) is 12.0 Å². The molecule has 2 aromatic rings. The van der Waals surface area contributed by atoms with Gasteiger partial charge >= 0.3 is 5.97 Å². The van der Waals surface area contributed by atoms with Crippen LogP contribution in [0.3, 0.4) is 0 Å². The molecule has 2 N–H and O–H groups in total. The van der Waals surface area contributed by atoms with Crippen molar-refractivity contribution in [2.24, 2.45) is 12.0 Å². The van der Waals surface area contributed by atoms with E-state index in [4.69, 9.17) is 4.74 Å². The molecule has 0 amide bonds. The Morgan fingerprint density at radius 2 is 1.93 bits per heavy atom. The molecule has 7 nitrogen and oxygen atoms in total. The van der Waals surface area contributed by atoms with Gasteiger partial charge in [0.1, 0.15) is 0 Å². The van der Waals surface area contributed by atoms with Crippen LogP contribution < -0.4 is 10.6 Å². The van der Waals surface area contributed by atoms with E-state index in [1.54, 1.807) is 19.1 Å². The molecule has 1 aromatic heterocycles. The first-order valence-corrected chi connectivity index (χ1v) is 10.2. The van der Waals surface area contributed by atoms with Crippen LogP contribution in [-0.4, -0.2) is 40.9 Å². The lowest BCUT2D eigenvalue weighted by molar-refractivity contribution is 0.0526. The predicted molar refractivity (Wildman–Crippen MR) is 116 cm³/mol. The zero-order valence-electron chi connectivity index (χ0n) is 18.4. The lowest BCUT2D eigenvalue weighted by Gasteiger charge is -2.18. The normalized spacial score (nSPS) is 12.6. The van der Waals surface area contributed by atoms with Crippen molar-refractivity contribution >= 4 is 11.9 Å². The summed E-state index contributed by atoms with van der Waals surface area (Å²) in [5, 5.41) is 11.3. The smallest absolute Gasteiger partial charge is 0.338 e. The number of esters is 1. The van der Waals surface area contributed by atoms with Gasteiger partial charge in [-0.2, -0.15) is 5.10 Å². The number of aliphatic imine (C=N–C) groups is 1. The highest BCUT2D eigenvalue weighted by Crippen LogP contribution is 2.14. The SMILES string of the molecule is CCNC(=NCc1ccc(C(=O)OCC)cc1)NC(C)Cc1c(C)nn(C)c1C. The molecule has 0 saturated heterocycles. The Kier molecular flexibility index (Phi) is 8.24. The van der Waals surface area contributed by atoms with Crippen LogP contribution in [0.15, 0.2) is 29.3 Å². The first-order chi connectivity index (χ1) is 13.8. The van der Waals surface area contributed by atoms with E-state index < -0.39 is 0 Å². The Morgan fingerprint density at radius 1 is 1.24 bits per heavy atom. The van der Waals surface area contributed by atoms with Crippen LogP contribution in [0.2, 0.25) is 0 Å². The Morgan fingerprint density at radius 3 is 2.48 bits per heavy atom. The van der Waals surface area contributed by atoms with Gasteiger partial charge in [0.2, 0.25) is 0 Å². The second-order valence-corrected chi connectivity index (χ2v) is 7.14. The lowest BCUT2D eigenvalue weighted by atomic mass is 10.1. The van der Waals surface area contributed by atoms with Crippen molar-refractivity contribution in [2.45, 2.75) is 53.6 Å². The highest BCUT2D eigenvalue weighted by molar-refractivity contribution is 5.89. The molecule has 0 saturated carbocycles. The van der Waals surface area contributed by atoms with Crippen LogP contribution in [0.4, 0.5) is 0 Å². The topological polar surface area (TPSA) is 80.5 Å². The molecule has 0 radical (unpaired) electrons. The van der Waals surface area contributed by atoms with Crippen LogP contribution in [0.1, 0.15) is 53.6 Å². The van der Waals surface area contributed by atoms with Gasteiger partial charge < -0.3 is 15.4 Å². The van der Waals surface area contributed by atoms with Gasteiger partial charge in [0.25, 0.3) is 0 Å². The fourth-order valence-electron chi connectivity index (χ4n) is 3.15. The van der Waals surface area contributed by atoms with E-state index in [9.17, 15) is 4.79 Å². The zero-order chi connectivity index (χ0) is 21.4. The van der Waals surface area contributed by atoms with E-state index in [2.05, 4.69) is 34.6 Å². The number of nitrogens with zero attached hydrogens (tertiary/aromatic N) is 3. The third-order valence-corrected chi connectivity index (χ3v) is 4.78. The molecular formula is C22H33N5O2. The molecule has 0 aliphatic heterocycles. The fraction of sp³-hybridized carbons (Fsp3) is 0.500. The number of benzene rings is 1. The highest BCUT2D eigenvalue weighted by atomic mass is 16.5. The largest absolute Gasteiger partial charge is 0.462 e. The molecule has 1 atom stereocenters. The summed E-state index contributed by atoms with van der Waals surface area (Å²) in [7, 11) is 1.97. The summed E-state index contributed by atoms with van der Waals surface area (Å²) in [4.78, 5) is 16.4. The molecule has 1 heterocycles. The summed E-state index contributed by atoms with van der Waals surface area (Å²) >= 11 is 0. The monoisotopic (exact) mass is 399 g/mol. The molecule has 7 heteroatoms. The van der Waals surface area contributed by atoms with Crippen molar-refractivity contribution < 1.29 is 9.53 Å². The van der Waals surface area contributed by atoms with Crippen molar-refractivity contribution in [3.63, 3.8) is 0 Å². The van der Waals surface area contributed by atoms with Gasteiger partial charge in [-0.15, -0.1) is 0 Å². The van der Waals surface area contributed by atoms with Gasteiger partial charge in [0.05, 0.1) is 24.4 Å². The third kappa shape index (κ3) is 6.34. The predicted octanol–water partition coefficient (Wildman–Crippen LogP) is 2.90. The first kappa shape index (κ1) is 22.5. The summed E-state index contributed by atoms with van der Waals surface area (Å²) in [6.07, 6.45) is 0.879. The Hall–Kier alpha value is -2.83. The highest BCUT2D eigenvalue weighted by Gasteiger charge is 2.14. The number of carbonyl (C=O) groups excluding carboxylic acids is 1. The standard InChI is InChI=1S/C22H33N5O2/c1-7-23-22(25-15(3)13-20-16(4)26-27(6)17(20)5)24-14-18-9-11-19(12-10-18)21(28)29-8-2/h9-12,15H,7-8,13-14H2,1-6H3,(H2,23,24,25). The number of aromatic nitrogens is 2. The number of carbonyl (C=O) groups is 1. The molecule has 158 valence electrons. The quantitative estimate of drug-likeness (QED) is 0.405. The van der Waals surface area contributed by atoms with Crippen LogP contribution in [0, 0.1) is 13.8 Å². The second-order valence-electron chi connectivity index (χ2n) is 7.14. The minimum absolute atomic E-state index is 0.209. The summed E-state index contributed by atoms with van der Waals surface area (Å²) in [6, 6.07) is 7.58. The van der Waals surface area contributed by atoms with E-state index >= 15 is 0 Å². The third-order valence-electron chi connectivity index (χ3n) is 4.78. The summed E-state index contributed by atoms with van der Waals surface area (Å²) in [5.74, 6) is 0.473. The van der Waals surface area contributed by atoms with Gasteiger partial charge in [0, 0.05) is 25.3 Å². The van der Waals surface area contributed by atoms with Crippen LogP contribution >= 0.6 is 0 Å². The summed E-state index contributed by atoms with van der Waals surface area (Å²) in [6.45, 7) is 11.8. The van der Waals surface area contributed by atoms with Gasteiger partial charge in [-0.25, -0.2) is 9.79 Å². The minimum Gasteiger partial charge on any atom is -0.462 e. The van der Waals surface area contributed by atoms with Crippen molar-refractivity contribution in [3.8, 4) is 0 Å². The maximum atomic E-state index is 11.8. The van der Waals surface area contributed by atoms with E-state index in [0.29, 0.717) is 18.7 Å². The molecule has 0 fully saturated rings. The number of nitrogens with one attached hydrogen (secondary N) is 2. The van der Waals surface area contributed by atoms with Gasteiger partial charge in [-0.05, 0) is 64.3 Å². The van der Waals surface area contributed by atoms with Crippen LogP contribution in [0.5, 0.6) is 0 Å². The van der Waals surface area contributed by atoms with Crippen molar-refractivity contribution in [2.75, 3.05) is 13.2 Å². The number of rotatable bonds is 8. The molecule has 1 aromatic carbocycles. The number of ether oxygens (including phenoxy) is 1. The van der Waals surface area contributed by atoms with Gasteiger partial charge in [-0.1, -0.05) is 12.1 Å². The minimum atomic E-state index is -0.299. The van der Waals surface area contributed by atoms with Crippen LogP contribution in [0.25, 0.3) is 0 Å². The van der Waals surface area contributed by atoms with E-state index in [0.717, 1.165) is 30.2 Å². The molecule has 1 unspecified atom stereocenters. The van der Waals surface area contributed by atoms with Crippen LogP contribution in [-0.2, 0) is 24.8 Å². The van der Waals surface area contributed by atoms with Crippen molar-refractivity contribution in [1.82, 2.24) is 20.4 Å². The Bertz CT molecular complexity index is 840. The number of hydrogen-bond acceptors (Lipinski definition) is 4. The average molecular weight is 400 g/mol. The summed E-state index contributed by atoms with van der Waals surface area (Å²) in [5.41, 5.74) is 5.13. The molecular weight excluding hydrogens is 366 g/mol. The molecule has 0 aliphatic carbocycles. The van der Waals surface area contributed by atoms with E-state index in [1.165, 1.54) is 11.3 Å². The maximum Gasteiger partial charge on any atom is 0.338 e. The molecule has 29 heavy (non-hydrogen) atoms. The maximum absolute atomic E-state index is 11.8. The lowest BCUT2D eigenvalue weighted by Crippen LogP contribution is -2.43. The van der Waals surface area contributed by atoms with Gasteiger partial charge in [-0.3, -0.25) is 4.68 Å². The second kappa shape index (κ2) is 10.6. The van der Waals surface area contributed by atoms with Crippen molar-refractivity contribution in [3.05, 3.63) is 52.3 Å². The molecule has 2 rings (SSSR count). The Balaban J connectivity index is 2.00. The zero-order valence-corrected chi connectivity index (χ0v) is 18.4. The molecule has 0 bridgehead atoms. The molecule has 0 spiro atoms. The fourth-order valence-corrected chi connectivity index (χ4v) is 3.15. The average Bonchev–Trinajstić information content (AvgIpc) is 2.93. The van der Waals surface area contributed by atoms with Gasteiger partial charge in [0.15, 0.2) is 5.96 Å². The molecule has 0 aliphatic rings. The number of guanidine groups is 1. The van der Waals surface area contributed by atoms with E-state index in [1.807, 2.05) is 37.7 Å². The summed E-state index contributed by atoms with van der Waals surface area (Å²) < 4.78 is 6.94. The number of hydrogen-bond donors (Lipinski definition) is 2. The number of aryl methyl sites for hydroxylation is 2. The van der Waals surface area contributed by atoms with Crippen molar-refractivity contribution in [1.29, 1.82) is 0 Å². The first-order valence-electron chi connectivity index (χ1n) is 10.2.